The van der Waals surface area contributed by atoms with Crippen LogP contribution in [0.1, 0.15) is 41.4 Å². The molecule has 2 aliphatic heterocycles. The topological polar surface area (TPSA) is 79.7 Å². The van der Waals surface area contributed by atoms with Crippen LogP contribution < -0.4 is 5.32 Å². The molecule has 160 valence electrons. The zero-order valence-electron chi connectivity index (χ0n) is 17.4. The van der Waals surface area contributed by atoms with Gasteiger partial charge in [0.05, 0.1) is 12.3 Å². The molecule has 0 radical (unpaired) electrons. The number of urea groups is 1. The standard InChI is InChI=1S/C22H29N5O3/c1-30-14-13-25-11-6-12-27-20(21(25)28)15-19(24-27)17-7-5-10-26(16-17)22(29)23-18-8-3-2-4-9-18/h2-4,8-9,15,17H,5-7,10-14,16H2,1H3,(H,23,29). The highest BCUT2D eigenvalue weighted by atomic mass is 16.5. The Morgan fingerprint density at radius 2 is 2.03 bits per heavy atom. The van der Waals surface area contributed by atoms with E-state index in [1.54, 1.807) is 7.11 Å². The van der Waals surface area contributed by atoms with Gasteiger partial charge < -0.3 is 19.9 Å². The van der Waals surface area contributed by atoms with Crippen LogP contribution in [0.4, 0.5) is 10.5 Å². The van der Waals surface area contributed by atoms with Gasteiger partial charge in [-0.1, -0.05) is 18.2 Å². The van der Waals surface area contributed by atoms with E-state index >= 15 is 0 Å². The number of para-hydroxylation sites is 1. The van der Waals surface area contributed by atoms with Gasteiger partial charge in [-0.15, -0.1) is 0 Å². The number of carbonyl (C=O) groups is 2. The molecule has 3 heterocycles. The predicted molar refractivity (Wildman–Crippen MR) is 114 cm³/mol. The summed E-state index contributed by atoms with van der Waals surface area (Å²) in [7, 11) is 1.65. The number of aryl methyl sites for hydroxylation is 1. The molecule has 1 aromatic heterocycles. The number of methoxy groups -OCH3 is 1. The zero-order valence-corrected chi connectivity index (χ0v) is 17.4. The Morgan fingerprint density at radius 1 is 1.20 bits per heavy atom. The van der Waals surface area contributed by atoms with Crippen molar-refractivity contribution in [3.63, 3.8) is 0 Å². The van der Waals surface area contributed by atoms with Crippen molar-refractivity contribution in [1.29, 1.82) is 0 Å². The Morgan fingerprint density at radius 3 is 2.83 bits per heavy atom. The highest BCUT2D eigenvalue weighted by Crippen LogP contribution is 2.28. The second kappa shape index (κ2) is 9.30. The van der Waals surface area contributed by atoms with Crippen LogP contribution in [0.2, 0.25) is 0 Å². The number of piperidine rings is 1. The van der Waals surface area contributed by atoms with Crippen LogP contribution >= 0.6 is 0 Å². The first-order chi connectivity index (χ1) is 14.7. The number of nitrogens with one attached hydrogen (secondary N) is 1. The van der Waals surface area contributed by atoms with Gasteiger partial charge in [0.15, 0.2) is 0 Å². The molecular formula is C22H29N5O3. The van der Waals surface area contributed by atoms with Gasteiger partial charge in [-0.05, 0) is 37.5 Å². The first-order valence-corrected chi connectivity index (χ1v) is 10.6. The summed E-state index contributed by atoms with van der Waals surface area (Å²) in [4.78, 5) is 29.3. The second-order valence-corrected chi connectivity index (χ2v) is 7.90. The van der Waals surface area contributed by atoms with Crippen LogP contribution in [0.3, 0.4) is 0 Å². The molecule has 30 heavy (non-hydrogen) atoms. The summed E-state index contributed by atoms with van der Waals surface area (Å²) in [6.07, 6.45) is 2.76. The number of carbonyl (C=O) groups excluding carboxylic acids is 2. The molecule has 2 aliphatic rings. The molecule has 3 amide bonds. The fourth-order valence-electron chi connectivity index (χ4n) is 4.20. The normalized spacial score (nSPS) is 19.4. The molecule has 1 saturated heterocycles. The van der Waals surface area contributed by atoms with Crippen LogP contribution in [0, 0.1) is 0 Å². The van der Waals surface area contributed by atoms with E-state index in [2.05, 4.69) is 5.32 Å². The summed E-state index contributed by atoms with van der Waals surface area (Å²) in [6.45, 7) is 3.91. The summed E-state index contributed by atoms with van der Waals surface area (Å²) in [6, 6.07) is 11.3. The number of likely N-dealkylation sites (tertiary alicyclic amines) is 1. The molecule has 0 spiro atoms. The van der Waals surface area contributed by atoms with E-state index in [1.165, 1.54) is 0 Å². The van der Waals surface area contributed by atoms with E-state index in [0.29, 0.717) is 25.4 Å². The molecular weight excluding hydrogens is 382 g/mol. The van der Waals surface area contributed by atoms with Crippen molar-refractivity contribution in [2.24, 2.45) is 0 Å². The summed E-state index contributed by atoms with van der Waals surface area (Å²) in [5.74, 6) is 0.151. The van der Waals surface area contributed by atoms with Gasteiger partial charge in [0.2, 0.25) is 0 Å². The Kier molecular flexibility index (Phi) is 6.32. The molecule has 8 heteroatoms. The SMILES string of the molecule is COCCN1CCCn2nc(C3CCCN(C(=O)Nc4ccccc4)C3)cc2C1=O. The maximum Gasteiger partial charge on any atom is 0.321 e. The molecule has 0 bridgehead atoms. The van der Waals surface area contributed by atoms with E-state index < -0.39 is 0 Å². The number of fused-ring (bicyclic) bond motifs is 1. The number of hydrogen-bond acceptors (Lipinski definition) is 4. The van der Waals surface area contributed by atoms with Crippen molar-refractivity contribution >= 4 is 17.6 Å². The van der Waals surface area contributed by atoms with Crippen molar-refractivity contribution in [3.8, 4) is 0 Å². The van der Waals surface area contributed by atoms with Gasteiger partial charge >= 0.3 is 6.03 Å². The third-order valence-electron chi connectivity index (χ3n) is 5.82. The number of benzene rings is 1. The lowest BCUT2D eigenvalue weighted by Crippen LogP contribution is -2.41. The second-order valence-electron chi connectivity index (χ2n) is 7.90. The summed E-state index contributed by atoms with van der Waals surface area (Å²) in [5, 5.41) is 7.72. The van der Waals surface area contributed by atoms with E-state index in [9.17, 15) is 9.59 Å². The molecule has 8 nitrogen and oxygen atoms in total. The van der Waals surface area contributed by atoms with Crippen LogP contribution in [0.15, 0.2) is 36.4 Å². The average Bonchev–Trinajstić information content (AvgIpc) is 3.14. The van der Waals surface area contributed by atoms with Crippen LogP contribution in [0.25, 0.3) is 0 Å². The monoisotopic (exact) mass is 411 g/mol. The maximum atomic E-state index is 12.9. The van der Waals surface area contributed by atoms with Crippen LogP contribution in [0.5, 0.6) is 0 Å². The molecule has 2 aromatic rings. The van der Waals surface area contributed by atoms with E-state index in [0.717, 1.165) is 50.3 Å². The van der Waals surface area contributed by atoms with Crippen molar-refractivity contribution in [2.45, 2.75) is 31.7 Å². The van der Waals surface area contributed by atoms with E-state index in [1.807, 2.05) is 50.9 Å². The summed E-state index contributed by atoms with van der Waals surface area (Å²) in [5.41, 5.74) is 2.34. The molecule has 0 aliphatic carbocycles. The van der Waals surface area contributed by atoms with Gasteiger partial charge in [-0.2, -0.15) is 5.10 Å². The number of rotatable bonds is 5. The number of anilines is 1. The molecule has 1 N–H and O–H groups in total. The highest BCUT2D eigenvalue weighted by molar-refractivity contribution is 5.93. The Hall–Kier alpha value is -2.87. The molecule has 1 aromatic carbocycles. The first-order valence-electron chi connectivity index (χ1n) is 10.6. The minimum absolute atomic E-state index is 0.0118. The van der Waals surface area contributed by atoms with Crippen molar-refractivity contribution in [1.82, 2.24) is 19.6 Å². The Bertz CT molecular complexity index is 882. The maximum absolute atomic E-state index is 12.9. The lowest BCUT2D eigenvalue weighted by molar-refractivity contribution is 0.0698. The van der Waals surface area contributed by atoms with Gasteiger partial charge in [0.25, 0.3) is 5.91 Å². The van der Waals surface area contributed by atoms with Gasteiger partial charge in [-0.25, -0.2) is 4.79 Å². The molecule has 1 fully saturated rings. The van der Waals surface area contributed by atoms with Gasteiger partial charge in [0.1, 0.15) is 5.69 Å². The van der Waals surface area contributed by atoms with E-state index in [4.69, 9.17) is 9.84 Å². The smallest absolute Gasteiger partial charge is 0.321 e. The number of amides is 3. The van der Waals surface area contributed by atoms with Crippen molar-refractivity contribution in [3.05, 3.63) is 47.8 Å². The Labute approximate surface area is 176 Å². The predicted octanol–water partition coefficient (Wildman–Crippen LogP) is 2.79. The van der Waals surface area contributed by atoms with E-state index in [-0.39, 0.29) is 17.9 Å². The van der Waals surface area contributed by atoms with Crippen LogP contribution in [-0.4, -0.2) is 71.4 Å². The first kappa shape index (κ1) is 20.4. The highest BCUT2D eigenvalue weighted by Gasteiger charge is 2.30. The van der Waals surface area contributed by atoms with Gasteiger partial charge in [0, 0.05) is 51.4 Å². The molecule has 0 saturated carbocycles. The third kappa shape index (κ3) is 4.48. The van der Waals surface area contributed by atoms with Crippen LogP contribution in [-0.2, 0) is 11.3 Å². The lowest BCUT2D eigenvalue weighted by atomic mass is 9.95. The quantitative estimate of drug-likeness (QED) is 0.821. The van der Waals surface area contributed by atoms with Gasteiger partial charge in [-0.3, -0.25) is 9.48 Å². The average molecular weight is 412 g/mol. The zero-order chi connectivity index (χ0) is 20.9. The number of nitrogens with zero attached hydrogens (tertiary/aromatic N) is 4. The third-order valence-corrected chi connectivity index (χ3v) is 5.82. The largest absolute Gasteiger partial charge is 0.383 e. The van der Waals surface area contributed by atoms with Crippen molar-refractivity contribution in [2.75, 3.05) is 45.2 Å². The lowest BCUT2D eigenvalue weighted by Gasteiger charge is -2.32. The molecule has 1 unspecified atom stereocenters. The number of ether oxygens (including phenoxy) is 1. The fraction of sp³-hybridized carbons (Fsp3) is 0.500. The molecule has 4 rings (SSSR count). The summed E-state index contributed by atoms with van der Waals surface area (Å²) >= 11 is 0. The Balaban J connectivity index is 1.45. The van der Waals surface area contributed by atoms with Crippen molar-refractivity contribution < 1.29 is 14.3 Å². The molecule has 1 atom stereocenters. The minimum atomic E-state index is -0.0894. The fourth-order valence-corrected chi connectivity index (χ4v) is 4.20. The summed E-state index contributed by atoms with van der Waals surface area (Å²) < 4.78 is 6.98. The number of aromatic nitrogens is 2. The minimum Gasteiger partial charge on any atom is -0.383 e. The number of hydrogen-bond donors (Lipinski definition) is 1.